The first-order chi connectivity index (χ1) is 6.43. The van der Waals surface area contributed by atoms with Crippen LogP contribution in [0.4, 0.5) is 0 Å². The minimum absolute atomic E-state index is 0.151. The summed E-state index contributed by atoms with van der Waals surface area (Å²) in [4.78, 5) is 0. The average molecular weight is 192 g/mol. The second-order valence-corrected chi connectivity index (χ2v) is 4.52. The van der Waals surface area contributed by atoms with E-state index in [0.29, 0.717) is 0 Å². The molecular weight excluding hydrogens is 168 g/mol. The molecule has 0 fully saturated rings. The summed E-state index contributed by atoms with van der Waals surface area (Å²) < 4.78 is 0. The molecule has 0 saturated carbocycles. The molecule has 0 atom stereocenters. The highest BCUT2D eigenvalue weighted by atomic mass is 14.2. The maximum Gasteiger partial charge on any atom is 0.00102 e. The molecule has 0 radical (unpaired) electrons. The van der Waals surface area contributed by atoms with Crippen LogP contribution in [-0.4, -0.2) is 0 Å². The molecule has 0 rings (SSSR count). The van der Waals surface area contributed by atoms with Gasteiger partial charge in [-0.05, 0) is 25.8 Å². The summed E-state index contributed by atoms with van der Waals surface area (Å²) in [6.07, 6.45) is 8.99. The summed E-state index contributed by atoms with van der Waals surface area (Å²) in [6, 6.07) is 0. The monoisotopic (exact) mass is 192 g/mol. The summed E-state index contributed by atoms with van der Waals surface area (Å²) in [6.45, 7) is 14.8. The van der Waals surface area contributed by atoms with Crippen molar-refractivity contribution in [1.29, 1.82) is 0 Å². The maximum absolute atomic E-state index is 4.03. The molecule has 80 valence electrons. The van der Waals surface area contributed by atoms with Gasteiger partial charge >= 0.3 is 0 Å². The highest BCUT2D eigenvalue weighted by Crippen LogP contribution is 2.25. The highest BCUT2D eigenvalue weighted by Gasteiger charge is 2.11. The predicted octanol–water partition coefficient (Wildman–Crippen LogP) is 4.89. The maximum atomic E-state index is 4.03. The lowest BCUT2D eigenvalue weighted by Gasteiger charge is -2.18. The Bertz CT molecular complexity index is 239. The van der Waals surface area contributed by atoms with Crippen LogP contribution in [0.1, 0.15) is 47.5 Å². The van der Waals surface area contributed by atoms with E-state index in [1.54, 1.807) is 0 Å². The van der Waals surface area contributed by atoms with E-state index < -0.39 is 0 Å². The third kappa shape index (κ3) is 5.06. The molecule has 0 aromatic rings. The van der Waals surface area contributed by atoms with Crippen molar-refractivity contribution < 1.29 is 0 Å². The van der Waals surface area contributed by atoms with Crippen LogP contribution in [0.25, 0.3) is 0 Å². The number of rotatable bonds is 5. The van der Waals surface area contributed by atoms with Crippen LogP contribution in [0.2, 0.25) is 0 Å². The Morgan fingerprint density at radius 2 is 1.93 bits per heavy atom. The van der Waals surface area contributed by atoms with Crippen LogP contribution in [0.3, 0.4) is 0 Å². The SMILES string of the molecule is C=C(C)C(=CC(C)(C)C=CC)CCC. The van der Waals surface area contributed by atoms with Crippen LogP contribution in [0, 0.1) is 5.41 Å². The summed E-state index contributed by atoms with van der Waals surface area (Å²) in [5.74, 6) is 0. The average Bonchev–Trinajstić information content (AvgIpc) is 2.02. The van der Waals surface area contributed by atoms with E-state index in [1.807, 2.05) is 0 Å². The third-order valence-electron chi connectivity index (χ3n) is 2.21. The zero-order valence-corrected chi connectivity index (χ0v) is 10.4. The molecule has 0 aromatic heterocycles. The Labute approximate surface area is 89.4 Å². The van der Waals surface area contributed by atoms with Crippen molar-refractivity contribution in [1.82, 2.24) is 0 Å². The van der Waals surface area contributed by atoms with Gasteiger partial charge in [0.15, 0.2) is 0 Å². The van der Waals surface area contributed by atoms with Crippen molar-refractivity contribution in [2.45, 2.75) is 47.5 Å². The van der Waals surface area contributed by atoms with Gasteiger partial charge in [0.2, 0.25) is 0 Å². The van der Waals surface area contributed by atoms with Crippen molar-refractivity contribution in [3.63, 3.8) is 0 Å². The molecular formula is C14H24. The van der Waals surface area contributed by atoms with E-state index in [4.69, 9.17) is 0 Å². The van der Waals surface area contributed by atoms with Gasteiger partial charge in [-0.1, -0.05) is 57.6 Å². The normalized spacial score (nSPS) is 13.6. The summed E-state index contributed by atoms with van der Waals surface area (Å²) >= 11 is 0. The van der Waals surface area contributed by atoms with Crippen molar-refractivity contribution in [2.75, 3.05) is 0 Å². The lowest BCUT2D eigenvalue weighted by Crippen LogP contribution is -2.04. The smallest absolute Gasteiger partial charge is 0.00102 e. The van der Waals surface area contributed by atoms with Gasteiger partial charge in [0, 0.05) is 5.41 Å². The molecule has 0 aliphatic rings. The van der Waals surface area contributed by atoms with E-state index in [0.717, 1.165) is 6.42 Å². The van der Waals surface area contributed by atoms with E-state index in [-0.39, 0.29) is 5.41 Å². The number of hydrogen-bond acceptors (Lipinski definition) is 0. The van der Waals surface area contributed by atoms with E-state index >= 15 is 0 Å². The Balaban J connectivity index is 4.79. The first-order valence-electron chi connectivity index (χ1n) is 5.44. The van der Waals surface area contributed by atoms with Crippen molar-refractivity contribution in [3.05, 3.63) is 36.0 Å². The second kappa shape index (κ2) is 5.85. The third-order valence-corrected chi connectivity index (χ3v) is 2.21. The fourth-order valence-corrected chi connectivity index (χ4v) is 1.60. The zero-order chi connectivity index (χ0) is 11.2. The van der Waals surface area contributed by atoms with Crippen LogP contribution in [0.15, 0.2) is 36.0 Å². The van der Waals surface area contributed by atoms with E-state index in [1.165, 1.54) is 17.6 Å². The summed E-state index contributed by atoms with van der Waals surface area (Å²) in [5, 5.41) is 0. The number of allylic oxidation sites excluding steroid dienone is 5. The van der Waals surface area contributed by atoms with Crippen LogP contribution in [0.5, 0.6) is 0 Å². The molecule has 0 N–H and O–H groups in total. The fourth-order valence-electron chi connectivity index (χ4n) is 1.60. The van der Waals surface area contributed by atoms with Gasteiger partial charge in [0.1, 0.15) is 0 Å². The van der Waals surface area contributed by atoms with E-state index in [2.05, 4.69) is 59.4 Å². The largest absolute Gasteiger partial charge is 0.0958 e. The predicted molar refractivity (Wildman–Crippen MR) is 66.4 cm³/mol. The Kier molecular flexibility index (Phi) is 5.52. The first kappa shape index (κ1) is 13.2. The Morgan fingerprint density at radius 3 is 2.29 bits per heavy atom. The molecule has 14 heavy (non-hydrogen) atoms. The molecule has 0 saturated heterocycles. The van der Waals surface area contributed by atoms with Crippen molar-refractivity contribution >= 4 is 0 Å². The van der Waals surface area contributed by atoms with Crippen LogP contribution in [-0.2, 0) is 0 Å². The molecule has 0 heterocycles. The molecule has 0 aromatic carbocycles. The molecule has 0 aliphatic heterocycles. The standard InChI is InChI=1S/C14H24/c1-7-9-13(12(3)4)11-14(5,6)10-8-2/h8,10-11H,3,7,9H2,1-2,4-6H3. The first-order valence-corrected chi connectivity index (χ1v) is 5.44. The van der Waals surface area contributed by atoms with Gasteiger partial charge in [0.25, 0.3) is 0 Å². The van der Waals surface area contributed by atoms with Crippen LogP contribution < -0.4 is 0 Å². The molecule has 0 spiro atoms. The molecule has 0 aliphatic carbocycles. The Hall–Kier alpha value is -0.780. The lowest BCUT2D eigenvalue weighted by molar-refractivity contribution is 0.616. The van der Waals surface area contributed by atoms with Gasteiger partial charge in [0.05, 0.1) is 0 Å². The molecule has 0 bridgehead atoms. The molecule has 0 unspecified atom stereocenters. The van der Waals surface area contributed by atoms with Crippen molar-refractivity contribution in [2.24, 2.45) is 5.41 Å². The quantitative estimate of drug-likeness (QED) is 0.429. The van der Waals surface area contributed by atoms with Crippen molar-refractivity contribution in [3.8, 4) is 0 Å². The minimum Gasteiger partial charge on any atom is -0.0958 e. The Morgan fingerprint density at radius 1 is 1.36 bits per heavy atom. The van der Waals surface area contributed by atoms with Gasteiger partial charge in [-0.2, -0.15) is 0 Å². The van der Waals surface area contributed by atoms with Crippen LogP contribution >= 0.6 is 0 Å². The highest BCUT2D eigenvalue weighted by molar-refractivity contribution is 5.29. The van der Waals surface area contributed by atoms with E-state index in [9.17, 15) is 0 Å². The molecule has 0 amide bonds. The van der Waals surface area contributed by atoms with Gasteiger partial charge in [-0.15, -0.1) is 0 Å². The minimum atomic E-state index is 0.151. The topological polar surface area (TPSA) is 0 Å². The second-order valence-electron chi connectivity index (χ2n) is 4.52. The summed E-state index contributed by atoms with van der Waals surface area (Å²) in [5.41, 5.74) is 2.75. The molecule has 0 heteroatoms. The van der Waals surface area contributed by atoms with Gasteiger partial charge in [-0.3, -0.25) is 0 Å². The zero-order valence-electron chi connectivity index (χ0n) is 10.4. The fraction of sp³-hybridized carbons (Fsp3) is 0.571. The summed E-state index contributed by atoms with van der Waals surface area (Å²) in [7, 11) is 0. The lowest BCUT2D eigenvalue weighted by atomic mass is 9.87. The van der Waals surface area contributed by atoms with Gasteiger partial charge in [-0.25, -0.2) is 0 Å². The molecule has 0 nitrogen and oxygen atoms in total. The number of hydrogen-bond donors (Lipinski definition) is 0. The van der Waals surface area contributed by atoms with Gasteiger partial charge < -0.3 is 0 Å².